The van der Waals surface area contributed by atoms with Gasteiger partial charge in [0.05, 0.1) is 6.61 Å². The maximum atomic E-state index is 12.5. The van der Waals surface area contributed by atoms with Crippen LogP contribution in [0.4, 0.5) is 5.69 Å². The summed E-state index contributed by atoms with van der Waals surface area (Å²) < 4.78 is 5.68. The molecule has 0 radical (unpaired) electrons. The summed E-state index contributed by atoms with van der Waals surface area (Å²) in [5.41, 5.74) is 1.85. The molecular formula is C22H26N2O3. The lowest BCUT2D eigenvalue weighted by Crippen LogP contribution is -2.27. The quantitative estimate of drug-likeness (QED) is 0.833. The number of anilines is 1. The van der Waals surface area contributed by atoms with Crippen molar-refractivity contribution in [3.8, 4) is 5.75 Å². The van der Waals surface area contributed by atoms with Crippen molar-refractivity contribution in [1.82, 2.24) is 4.90 Å². The van der Waals surface area contributed by atoms with Gasteiger partial charge in [-0.2, -0.15) is 0 Å². The van der Waals surface area contributed by atoms with Gasteiger partial charge in [0, 0.05) is 29.9 Å². The molecule has 1 saturated heterocycles. The summed E-state index contributed by atoms with van der Waals surface area (Å²) >= 11 is 0. The Morgan fingerprint density at radius 3 is 2.41 bits per heavy atom. The Kier molecular flexibility index (Phi) is 6.12. The molecule has 1 heterocycles. The number of carbonyl (C=O) groups is 2. The van der Waals surface area contributed by atoms with Gasteiger partial charge in [0.1, 0.15) is 5.75 Å². The number of carbonyl (C=O) groups excluding carboxylic acids is 2. The van der Waals surface area contributed by atoms with Gasteiger partial charge in [0.25, 0.3) is 11.8 Å². The monoisotopic (exact) mass is 366 g/mol. The van der Waals surface area contributed by atoms with Gasteiger partial charge in [-0.15, -0.1) is 0 Å². The summed E-state index contributed by atoms with van der Waals surface area (Å²) in [7, 11) is 0. The SMILES string of the molecule is CC(C)COc1cccc(C(=O)Nc2ccc(C(=O)N3CCCC3)cc2)c1. The third-order valence-electron chi connectivity index (χ3n) is 4.46. The first-order valence-corrected chi connectivity index (χ1v) is 9.46. The van der Waals surface area contributed by atoms with Crippen LogP contribution in [-0.4, -0.2) is 36.4 Å². The molecule has 2 amide bonds. The maximum absolute atomic E-state index is 12.5. The summed E-state index contributed by atoms with van der Waals surface area (Å²) in [6, 6.07) is 14.2. The second kappa shape index (κ2) is 8.71. The van der Waals surface area contributed by atoms with E-state index in [4.69, 9.17) is 4.74 Å². The highest BCUT2D eigenvalue weighted by Gasteiger charge is 2.19. The summed E-state index contributed by atoms with van der Waals surface area (Å²) in [4.78, 5) is 26.7. The van der Waals surface area contributed by atoms with Crippen LogP contribution in [0.15, 0.2) is 48.5 Å². The number of hydrogen-bond donors (Lipinski definition) is 1. The summed E-state index contributed by atoms with van der Waals surface area (Å²) in [5.74, 6) is 0.955. The Morgan fingerprint density at radius 1 is 1.04 bits per heavy atom. The maximum Gasteiger partial charge on any atom is 0.255 e. The molecule has 3 rings (SSSR count). The second-order valence-corrected chi connectivity index (χ2v) is 7.26. The van der Waals surface area contributed by atoms with E-state index in [1.54, 1.807) is 36.4 Å². The van der Waals surface area contributed by atoms with Crippen molar-refractivity contribution in [2.75, 3.05) is 25.0 Å². The molecule has 0 bridgehead atoms. The third kappa shape index (κ3) is 5.09. The van der Waals surface area contributed by atoms with Crippen molar-refractivity contribution in [3.05, 3.63) is 59.7 Å². The van der Waals surface area contributed by atoms with E-state index in [-0.39, 0.29) is 11.8 Å². The molecule has 5 nitrogen and oxygen atoms in total. The zero-order chi connectivity index (χ0) is 19.2. The molecule has 1 N–H and O–H groups in total. The molecule has 0 atom stereocenters. The Hall–Kier alpha value is -2.82. The molecule has 0 aliphatic carbocycles. The smallest absolute Gasteiger partial charge is 0.255 e. The van der Waals surface area contributed by atoms with Crippen LogP contribution >= 0.6 is 0 Å². The van der Waals surface area contributed by atoms with Crippen molar-refractivity contribution in [2.45, 2.75) is 26.7 Å². The summed E-state index contributed by atoms with van der Waals surface area (Å²) in [6.45, 7) is 6.42. The zero-order valence-electron chi connectivity index (χ0n) is 15.9. The number of ether oxygens (including phenoxy) is 1. The van der Waals surface area contributed by atoms with Gasteiger partial charge in [0.2, 0.25) is 0 Å². The molecule has 0 spiro atoms. The minimum Gasteiger partial charge on any atom is -0.493 e. The molecule has 2 aromatic carbocycles. The molecular weight excluding hydrogens is 340 g/mol. The predicted molar refractivity (Wildman–Crippen MR) is 106 cm³/mol. The van der Waals surface area contributed by atoms with E-state index in [1.165, 1.54) is 0 Å². The number of hydrogen-bond acceptors (Lipinski definition) is 3. The summed E-state index contributed by atoms with van der Waals surface area (Å²) in [5, 5.41) is 2.87. The van der Waals surface area contributed by atoms with Gasteiger partial charge in [-0.05, 0) is 61.2 Å². The van der Waals surface area contributed by atoms with E-state index in [9.17, 15) is 9.59 Å². The van der Waals surface area contributed by atoms with Crippen LogP contribution in [0, 0.1) is 5.92 Å². The minimum atomic E-state index is -0.205. The van der Waals surface area contributed by atoms with Crippen molar-refractivity contribution < 1.29 is 14.3 Å². The Bertz CT molecular complexity index is 793. The van der Waals surface area contributed by atoms with Crippen molar-refractivity contribution in [1.29, 1.82) is 0 Å². The number of benzene rings is 2. The molecule has 27 heavy (non-hydrogen) atoms. The van der Waals surface area contributed by atoms with E-state index >= 15 is 0 Å². The van der Waals surface area contributed by atoms with Crippen molar-refractivity contribution >= 4 is 17.5 Å². The number of nitrogens with one attached hydrogen (secondary N) is 1. The fourth-order valence-electron chi connectivity index (χ4n) is 2.99. The van der Waals surface area contributed by atoms with E-state index in [2.05, 4.69) is 19.2 Å². The van der Waals surface area contributed by atoms with E-state index in [1.807, 2.05) is 17.0 Å². The topological polar surface area (TPSA) is 58.6 Å². The fourth-order valence-corrected chi connectivity index (χ4v) is 2.99. The lowest BCUT2D eigenvalue weighted by Gasteiger charge is -2.15. The molecule has 1 fully saturated rings. The largest absolute Gasteiger partial charge is 0.493 e. The lowest BCUT2D eigenvalue weighted by molar-refractivity contribution is 0.0792. The highest BCUT2D eigenvalue weighted by Crippen LogP contribution is 2.18. The Balaban J connectivity index is 1.62. The van der Waals surface area contributed by atoms with Crippen LogP contribution < -0.4 is 10.1 Å². The predicted octanol–water partition coefficient (Wildman–Crippen LogP) is 4.21. The van der Waals surface area contributed by atoms with Crippen molar-refractivity contribution in [3.63, 3.8) is 0 Å². The summed E-state index contributed by atoms with van der Waals surface area (Å²) in [6.07, 6.45) is 2.14. The number of amides is 2. The molecule has 5 heteroatoms. The van der Waals surface area contributed by atoms with Gasteiger partial charge in [-0.1, -0.05) is 19.9 Å². The highest BCUT2D eigenvalue weighted by atomic mass is 16.5. The van der Waals surface area contributed by atoms with Crippen LogP contribution in [0.2, 0.25) is 0 Å². The van der Waals surface area contributed by atoms with Gasteiger partial charge >= 0.3 is 0 Å². The minimum absolute atomic E-state index is 0.0559. The van der Waals surface area contributed by atoms with Gasteiger partial charge in [-0.3, -0.25) is 9.59 Å². The first-order valence-electron chi connectivity index (χ1n) is 9.46. The van der Waals surface area contributed by atoms with Crippen LogP contribution in [-0.2, 0) is 0 Å². The first-order chi connectivity index (χ1) is 13.0. The van der Waals surface area contributed by atoms with Crippen LogP contribution in [0.3, 0.4) is 0 Å². The normalized spacial score (nSPS) is 13.7. The van der Waals surface area contributed by atoms with Crippen molar-refractivity contribution in [2.24, 2.45) is 5.92 Å². The molecule has 0 aromatic heterocycles. The number of nitrogens with zero attached hydrogens (tertiary/aromatic N) is 1. The molecule has 1 aliphatic heterocycles. The molecule has 2 aromatic rings. The second-order valence-electron chi connectivity index (χ2n) is 7.26. The average molecular weight is 366 g/mol. The average Bonchev–Trinajstić information content (AvgIpc) is 3.21. The lowest BCUT2D eigenvalue weighted by atomic mass is 10.1. The van der Waals surface area contributed by atoms with Gasteiger partial charge in [0.15, 0.2) is 0 Å². The third-order valence-corrected chi connectivity index (χ3v) is 4.46. The zero-order valence-corrected chi connectivity index (χ0v) is 15.9. The molecule has 142 valence electrons. The van der Waals surface area contributed by atoms with Gasteiger partial charge < -0.3 is 15.0 Å². The fraction of sp³-hybridized carbons (Fsp3) is 0.364. The molecule has 0 unspecified atom stereocenters. The Morgan fingerprint density at radius 2 is 1.74 bits per heavy atom. The van der Waals surface area contributed by atoms with Gasteiger partial charge in [-0.25, -0.2) is 0 Å². The highest BCUT2D eigenvalue weighted by molar-refractivity contribution is 6.04. The number of rotatable bonds is 6. The van der Waals surface area contributed by atoms with Crippen LogP contribution in [0.1, 0.15) is 47.4 Å². The van der Waals surface area contributed by atoms with E-state index in [0.29, 0.717) is 35.1 Å². The van der Waals surface area contributed by atoms with Crippen LogP contribution in [0.25, 0.3) is 0 Å². The first kappa shape index (κ1) is 19.0. The standard InChI is InChI=1S/C22H26N2O3/c1-16(2)15-27-20-7-5-6-18(14-20)21(25)23-19-10-8-17(9-11-19)22(26)24-12-3-4-13-24/h5-11,14,16H,3-4,12-13,15H2,1-2H3,(H,23,25). The van der Waals surface area contributed by atoms with E-state index in [0.717, 1.165) is 25.9 Å². The van der Waals surface area contributed by atoms with E-state index < -0.39 is 0 Å². The molecule has 0 saturated carbocycles. The molecule has 1 aliphatic rings. The Labute approximate surface area is 160 Å². The van der Waals surface area contributed by atoms with Crippen LogP contribution in [0.5, 0.6) is 5.75 Å². The number of likely N-dealkylation sites (tertiary alicyclic amines) is 1.